The largest absolute Gasteiger partial charge is 0.379 e. The van der Waals surface area contributed by atoms with Crippen LogP contribution < -0.4 is 5.32 Å². The minimum absolute atomic E-state index is 0.162. The van der Waals surface area contributed by atoms with E-state index in [2.05, 4.69) is 5.32 Å². The molecule has 90 valence electrons. The number of hydrogen-bond acceptors (Lipinski definition) is 2. The predicted molar refractivity (Wildman–Crippen MR) is 62.8 cm³/mol. The summed E-state index contributed by atoms with van der Waals surface area (Å²) in [6.45, 7) is 8.85. The molecule has 0 fully saturated rings. The summed E-state index contributed by atoms with van der Waals surface area (Å²) in [6, 6.07) is 0.252. The van der Waals surface area contributed by atoms with E-state index in [-0.39, 0.29) is 11.9 Å². The standard InChI is InChI=1S/C12H25NO2/c1-10(2)13-12(14)8-6-5-7-9-15-11(3)4/h10-11H,5-9H2,1-4H3,(H,13,14). The van der Waals surface area contributed by atoms with Crippen LogP contribution in [0.2, 0.25) is 0 Å². The van der Waals surface area contributed by atoms with Crippen molar-refractivity contribution in [3.05, 3.63) is 0 Å². The van der Waals surface area contributed by atoms with Crippen LogP contribution >= 0.6 is 0 Å². The first-order valence-electron chi connectivity index (χ1n) is 5.93. The van der Waals surface area contributed by atoms with Gasteiger partial charge in [0.1, 0.15) is 0 Å². The summed E-state index contributed by atoms with van der Waals surface area (Å²) >= 11 is 0. The van der Waals surface area contributed by atoms with E-state index in [1.54, 1.807) is 0 Å². The fourth-order valence-corrected chi connectivity index (χ4v) is 1.28. The molecule has 0 radical (unpaired) electrons. The number of ether oxygens (including phenoxy) is 1. The van der Waals surface area contributed by atoms with Gasteiger partial charge in [0, 0.05) is 19.1 Å². The first kappa shape index (κ1) is 14.4. The topological polar surface area (TPSA) is 38.3 Å². The molecule has 0 rings (SSSR count). The maximum absolute atomic E-state index is 11.3. The Hall–Kier alpha value is -0.570. The number of rotatable bonds is 8. The van der Waals surface area contributed by atoms with Gasteiger partial charge >= 0.3 is 0 Å². The van der Waals surface area contributed by atoms with Crippen molar-refractivity contribution in [1.29, 1.82) is 0 Å². The monoisotopic (exact) mass is 215 g/mol. The van der Waals surface area contributed by atoms with Crippen LogP contribution in [0.1, 0.15) is 53.4 Å². The molecule has 0 saturated heterocycles. The summed E-state index contributed by atoms with van der Waals surface area (Å²) in [5.74, 6) is 0.162. The molecule has 3 nitrogen and oxygen atoms in total. The minimum atomic E-state index is 0.162. The van der Waals surface area contributed by atoms with Crippen LogP contribution in [-0.2, 0) is 9.53 Å². The zero-order valence-electron chi connectivity index (χ0n) is 10.5. The van der Waals surface area contributed by atoms with Gasteiger partial charge in [0.15, 0.2) is 0 Å². The molecule has 0 bridgehead atoms. The van der Waals surface area contributed by atoms with Crippen LogP contribution in [-0.4, -0.2) is 24.7 Å². The van der Waals surface area contributed by atoms with E-state index < -0.39 is 0 Å². The van der Waals surface area contributed by atoms with Crippen molar-refractivity contribution >= 4 is 5.91 Å². The van der Waals surface area contributed by atoms with Gasteiger partial charge in [-0.15, -0.1) is 0 Å². The lowest BCUT2D eigenvalue weighted by Gasteiger charge is -2.08. The molecule has 0 heterocycles. The number of carbonyl (C=O) groups excluding carboxylic acids is 1. The van der Waals surface area contributed by atoms with E-state index >= 15 is 0 Å². The molecule has 15 heavy (non-hydrogen) atoms. The Kier molecular flexibility index (Phi) is 8.38. The first-order valence-corrected chi connectivity index (χ1v) is 5.93. The second kappa shape index (κ2) is 8.72. The molecule has 0 aliphatic rings. The Morgan fingerprint density at radius 2 is 1.80 bits per heavy atom. The Bertz CT molecular complexity index is 167. The highest BCUT2D eigenvalue weighted by Gasteiger charge is 2.02. The van der Waals surface area contributed by atoms with Crippen LogP contribution in [0.15, 0.2) is 0 Å². The maximum atomic E-state index is 11.3. The number of amides is 1. The Morgan fingerprint density at radius 3 is 2.33 bits per heavy atom. The van der Waals surface area contributed by atoms with E-state index in [4.69, 9.17) is 4.74 Å². The molecule has 1 amide bonds. The smallest absolute Gasteiger partial charge is 0.220 e. The Morgan fingerprint density at radius 1 is 1.13 bits per heavy atom. The van der Waals surface area contributed by atoms with Gasteiger partial charge < -0.3 is 10.1 Å². The van der Waals surface area contributed by atoms with Crippen LogP contribution in [0.5, 0.6) is 0 Å². The van der Waals surface area contributed by atoms with Crippen LogP contribution in [0, 0.1) is 0 Å². The first-order chi connectivity index (χ1) is 7.02. The third-order valence-electron chi connectivity index (χ3n) is 1.95. The van der Waals surface area contributed by atoms with Crippen molar-refractivity contribution in [3.8, 4) is 0 Å². The molecular weight excluding hydrogens is 190 g/mol. The molecular formula is C12H25NO2. The second-order valence-electron chi connectivity index (χ2n) is 4.45. The lowest BCUT2D eigenvalue weighted by Crippen LogP contribution is -2.29. The highest BCUT2D eigenvalue weighted by molar-refractivity contribution is 5.76. The maximum Gasteiger partial charge on any atom is 0.220 e. The quantitative estimate of drug-likeness (QED) is 0.632. The summed E-state index contributed by atoms with van der Waals surface area (Å²) in [5.41, 5.74) is 0. The molecule has 1 N–H and O–H groups in total. The van der Waals surface area contributed by atoms with E-state index in [1.807, 2.05) is 27.7 Å². The summed E-state index contributed by atoms with van der Waals surface area (Å²) in [4.78, 5) is 11.3. The van der Waals surface area contributed by atoms with Crippen LogP contribution in [0.3, 0.4) is 0 Å². The minimum Gasteiger partial charge on any atom is -0.379 e. The van der Waals surface area contributed by atoms with Gasteiger partial charge in [-0.05, 0) is 40.5 Å². The molecule has 0 spiro atoms. The average molecular weight is 215 g/mol. The number of nitrogens with one attached hydrogen (secondary N) is 1. The molecule has 0 saturated carbocycles. The highest BCUT2D eigenvalue weighted by atomic mass is 16.5. The zero-order chi connectivity index (χ0) is 11.7. The van der Waals surface area contributed by atoms with Gasteiger partial charge in [0.2, 0.25) is 5.91 Å². The van der Waals surface area contributed by atoms with Gasteiger partial charge in [-0.3, -0.25) is 4.79 Å². The van der Waals surface area contributed by atoms with Crippen molar-refractivity contribution in [2.75, 3.05) is 6.61 Å². The fraction of sp³-hybridized carbons (Fsp3) is 0.917. The van der Waals surface area contributed by atoms with Crippen LogP contribution in [0.4, 0.5) is 0 Å². The molecule has 0 aromatic heterocycles. The van der Waals surface area contributed by atoms with E-state index in [0.29, 0.717) is 12.5 Å². The summed E-state index contributed by atoms with van der Waals surface area (Å²) in [6.07, 6.45) is 4.03. The van der Waals surface area contributed by atoms with Crippen LogP contribution in [0.25, 0.3) is 0 Å². The molecule has 0 aliphatic carbocycles. The van der Waals surface area contributed by atoms with Gasteiger partial charge in [0.05, 0.1) is 6.10 Å². The molecule has 0 atom stereocenters. The number of unbranched alkanes of at least 4 members (excludes halogenated alkanes) is 2. The van der Waals surface area contributed by atoms with Gasteiger partial charge in [-0.1, -0.05) is 6.42 Å². The van der Waals surface area contributed by atoms with Crippen molar-refractivity contribution in [2.24, 2.45) is 0 Å². The average Bonchev–Trinajstić information content (AvgIpc) is 2.09. The summed E-state index contributed by atoms with van der Waals surface area (Å²) in [5, 5.41) is 2.88. The second-order valence-corrected chi connectivity index (χ2v) is 4.45. The molecule has 0 unspecified atom stereocenters. The fourth-order valence-electron chi connectivity index (χ4n) is 1.28. The van der Waals surface area contributed by atoms with Gasteiger partial charge in [-0.2, -0.15) is 0 Å². The Labute approximate surface area is 93.6 Å². The molecule has 0 aliphatic heterocycles. The third kappa shape index (κ3) is 11.4. The van der Waals surface area contributed by atoms with Crippen molar-refractivity contribution in [3.63, 3.8) is 0 Å². The molecule has 3 heteroatoms. The summed E-state index contributed by atoms with van der Waals surface area (Å²) in [7, 11) is 0. The Balaban J connectivity index is 3.20. The lowest BCUT2D eigenvalue weighted by atomic mass is 10.2. The summed E-state index contributed by atoms with van der Waals surface area (Å²) < 4.78 is 5.41. The third-order valence-corrected chi connectivity index (χ3v) is 1.95. The molecule has 0 aromatic rings. The van der Waals surface area contributed by atoms with Gasteiger partial charge in [-0.25, -0.2) is 0 Å². The van der Waals surface area contributed by atoms with E-state index in [0.717, 1.165) is 25.9 Å². The highest BCUT2D eigenvalue weighted by Crippen LogP contribution is 2.01. The van der Waals surface area contributed by atoms with Crippen molar-refractivity contribution in [2.45, 2.75) is 65.5 Å². The zero-order valence-corrected chi connectivity index (χ0v) is 10.5. The normalized spacial score (nSPS) is 11.1. The SMILES string of the molecule is CC(C)NC(=O)CCCCCOC(C)C. The number of carbonyl (C=O) groups is 1. The van der Waals surface area contributed by atoms with Crippen molar-refractivity contribution in [1.82, 2.24) is 5.32 Å². The lowest BCUT2D eigenvalue weighted by molar-refractivity contribution is -0.121. The van der Waals surface area contributed by atoms with E-state index in [9.17, 15) is 4.79 Å². The van der Waals surface area contributed by atoms with Crippen molar-refractivity contribution < 1.29 is 9.53 Å². The van der Waals surface area contributed by atoms with E-state index in [1.165, 1.54) is 0 Å². The van der Waals surface area contributed by atoms with Gasteiger partial charge in [0.25, 0.3) is 0 Å². The molecule has 0 aromatic carbocycles. The number of hydrogen-bond donors (Lipinski definition) is 1. The predicted octanol–water partition coefficient (Wildman–Crippen LogP) is 2.50.